The van der Waals surface area contributed by atoms with Crippen LogP contribution in [0.5, 0.6) is 0 Å². The minimum absolute atomic E-state index is 0.160. The summed E-state index contributed by atoms with van der Waals surface area (Å²) in [5, 5.41) is 2.23. The average Bonchev–Trinajstić information content (AvgIpc) is 2.58. The average molecular weight is 324 g/mol. The van der Waals surface area contributed by atoms with Gasteiger partial charge in [0.05, 0.1) is 5.70 Å². The molecule has 0 aliphatic heterocycles. The Kier molecular flexibility index (Phi) is 5.21. The van der Waals surface area contributed by atoms with Gasteiger partial charge < -0.3 is 10.2 Å². The minimum Gasteiger partial charge on any atom is -0.327 e. The fourth-order valence-corrected chi connectivity index (χ4v) is 2.28. The van der Waals surface area contributed by atoms with Crippen LogP contribution in [0.1, 0.15) is 20.7 Å². The Morgan fingerprint density at radius 3 is 2.21 bits per heavy atom. The summed E-state index contributed by atoms with van der Waals surface area (Å²) in [4.78, 5) is 49.8. The van der Waals surface area contributed by atoms with E-state index < -0.39 is 23.4 Å². The van der Waals surface area contributed by atoms with Crippen LogP contribution in [0.15, 0.2) is 61.3 Å². The van der Waals surface area contributed by atoms with E-state index in [4.69, 9.17) is 0 Å². The van der Waals surface area contributed by atoms with Crippen LogP contribution in [0.25, 0.3) is 0 Å². The number of fused-ring (bicyclic) bond motifs is 1. The molecule has 0 saturated heterocycles. The van der Waals surface area contributed by atoms with Crippen molar-refractivity contribution < 1.29 is 19.2 Å². The third-order valence-corrected chi connectivity index (χ3v) is 3.39. The number of ketones is 2. The molecule has 0 fully saturated rings. The molecule has 0 saturated carbocycles. The van der Waals surface area contributed by atoms with E-state index in [1.165, 1.54) is 29.2 Å². The highest BCUT2D eigenvalue weighted by atomic mass is 16.2. The fourth-order valence-electron chi connectivity index (χ4n) is 2.28. The van der Waals surface area contributed by atoms with Gasteiger partial charge in [-0.05, 0) is 0 Å². The van der Waals surface area contributed by atoms with Crippen LogP contribution in [0.2, 0.25) is 0 Å². The van der Waals surface area contributed by atoms with Crippen LogP contribution >= 0.6 is 0 Å². The molecule has 0 spiro atoms. The summed E-state index contributed by atoms with van der Waals surface area (Å²) in [6.45, 7) is 7.35. The molecular weight excluding hydrogens is 308 g/mol. The molecule has 6 heteroatoms. The second-order valence-corrected chi connectivity index (χ2v) is 5.04. The van der Waals surface area contributed by atoms with Crippen LogP contribution in [0, 0.1) is 0 Å². The summed E-state index contributed by atoms with van der Waals surface area (Å²) in [7, 11) is 0. The Morgan fingerprint density at radius 1 is 1.04 bits per heavy atom. The van der Waals surface area contributed by atoms with Gasteiger partial charge in [0, 0.05) is 30.3 Å². The first-order chi connectivity index (χ1) is 11.5. The predicted octanol–water partition coefficient (Wildman–Crippen LogP) is 1.27. The Hall–Kier alpha value is -3.28. The summed E-state index contributed by atoms with van der Waals surface area (Å²) in [6.07, 6.45) is 3.97. The number of hydrogen-bond acceptors (Lipinski definition) is 4. The smallest absolute Gasteiger partial charge is 0.314 e. The van der Waals surface area contributed by atoms with Gasteiger partial charge in [-0.1, -0.05) is 36.4 Å². The lowest BCUT2D eigenvalue weighted by molar-refractivity contribution is -0.144. The number of carbonyl (C=O) groups is 4. The molecule has 0 heterocycles. The molecule has 1 aromatic rings. The van der Waals surface area contributed by atoms with Gasteiger partial charge in [-0.2, -0.15) is 0 Å². The molecule has 0 atom stereocenters. The standard InChI is InChI=1S/C18H16N2O4/c1-3-9-20(10-4-2)18(24)17(23)19-14-11-15(21)12-7-5-6-8-13(12)16(14)22/h3-8,11H,1-2,9-10H2,(H,19,23). The largest absolute Gasteiger partial charge is 0.327 e. The molecule has 2 amide bonds. The van der Waals surface area contributed by atoms with Crippen LogP contribution in [-0.2, 0) is 9.59 Å². The van der Waals surface area contributed by atoms with Crippen molar-refractivity contribution in [2.45, 2.75) is 0 Å². The topological polar surface area (TPSA) is 83.6 Å². The van der Waals surface area contributed by atoms with E-state index in [1.807, 2.05) is 0 Å². The van der Waals surface area contributed by atoms with Crippen molar-refractivity contribution in [3.8, 4) is 0 Å². The number of rotatable bonds is 5. The lowest BCUT2D eigenvalue weighted by Crippen LogP contribution is -2.44. The Labute approximate surface area is 139 Å². The van der Waals surface area contributed by atoms with E-state index in [2.05, 4.69) is 18.5 Å². The predicted molar refractivity (Wildman–Crippen MR) is 88.3 cm³/mol. The van der Waals surface area contributed by atoms with Gasteiger partial charge in [-0.3, -0.25) is 19.2 Å². The van der Waals surface area contributed by atoms with Crippen molar-refractivity contribution in [2.24, 2.45) is 0 Å². The number of Topliss-reactive ketones (excluding diaryl/α,β-unsaturated/α-hetero) is 1. The van der Waals surface area contributed by atoms with Crippen LogP contribution in [0.4, 0.5) is 0 Å². The van der Waals surface area contributed by atoms with Crippen LogP contribution in [-0.4, -0.2) is 41.4 Å². The van der Waals surface area contributed by atoms with Gasteiger partial charge in [0.1, 0.15) is 0 Å². The maximum atomic E-state index is 12.3. The zero-order valence-corrected chi connectivity index (χ0v) is 13.0. The van der Waals surface area contributed by atoms with Crippen molar-refractivity contribution in [2.75, 3.05) is 13.1 Å². The van der Waals surface area contributed by atoms with E-state index in [1.54, 1.807) is 12.1 Å². The lowest BCUT2D eigenvalue weighted by Gasteiger charge is -2.20. The first-order valence-electron chi connectivity index (χ1n) is 7.21. The van der Waals surface area contributed by atoms with Crippen molar-refractivity contribution in [3.05, 3.63) is 72.5 Å². The zero-order chi connectivity index (χ0) is 17.7. The Bertz CT molecular complexity index is 767. The molecule has 0 bridgehead atoms. The van der Waals surface area contributed by atoms with Gasteiger partial charge in [0.2, 0.25) is 5.78 Å². The molecule has 2 rings (SSSR count). The Balaban J connectivity index is 2.19. The SMILES string of the molecule is C=CCN(CC=C)C(=O)C(=O)NC1=CC(=O)c2ccccc2C1=O. The zero-order valence-electron chi connectivity index (χ0n) is 13.0. The molecule has 1 aliphatic carbocycles. The molecule has 0 unspecified atom stereocenters. The highest BCUT2D eigenvalue weighted by Crippen LogP contribution is 2.19. The molecule has 0 radical (unpaired) electrons. The monoisotopic (exact) mass is 324 g/mol. The van der Waals surface area contributed by atoms with Crippen molar-refractivity contribution in [1.82, 2.24) is 10.2 Å². The van der Waals surface area contributed by atoms with E-state index in [0.717, 1.165) is 6.08 Å². The number of amides is 2. The van der Waals surface area contributed by atoms with Gasteiger partial charge in [0.15, 0.2) is 5.78 Å². The Morgan fingerprint density at radius 2 is 1.62 bits per heavy atom. The van der Waals surface area contributed by atoms with Crippen molar-refractivity contribution in [3.63, 3.8) is 0 Å². The fraction of sp³-hybridized carbons (Fsp3) is 0.111. The summed E-state index contributed by atoms with van der Waals surface area (Å²) in [5.74, 6) is -2.74. The van der Waals surface area contributed by atoms with Gasteiger partial charge in [-0.25, -0.2) is 0 Å². The molecule has 122 valence electrons. The molecule has 24 heavy (non-hydrogen) atoms. The third-order valence-electron chi connectivity index (χ3n) is 3.39. The lowest BCUT2D eigenvalue weighted by atomic mass is 9.93. The quantitative estimate of drug-likeness (QED) is 0.653. The first kappa shape index (κ1) is 17.1. The first-order valence-corrected chi connectivity index (χ1v) is 7.21. The normalized spacial score (nSPS) is 12.8. The van der Waals surface area contributed by atoms with Crippen molar-refractivity contribution >= 4 is 23.4 Å². The maximum absolute atomic E-state index is 12.3. The maximum Gasteiger partial charge on any atom is 0.314 e. The number of hydrogen-bond donors (Lipinski definition) is 1. The second kappa shape index (κ2) is 7.32. The highest BCUT2D eigenvalue weighted by molar-refractivity contribution is 6.37. The summed E-state index contributed by atoms with van der Waals surface area (Å²) in [6, 6.07) is 6.30. The van der Waals surface area contributed by atoms with Crippen LogP contribution < -0.4 is 5.32 Å². The molecular formula is C18H16N2O4. The van der Waals surface area contributed by atoms with E-state index >= 15 is 0 Å². The number of nitrogens with one attached hydrogen (secondary N) is 1. The summed E-state index contributed by atoms with van der Waals surface area (Å²) >= 11 is 0. The summed E-state index contributed by atoms with van der Waals surface area (Å²) in [5.41, 5.74) is 0.253. The number of allylic oxidation sites excluding steroid dienone is 2. The van der Waals surface area contributed by atoms with Gasteiger partial charge >= 0.3 is 11.8 Å². The van der Waals surface area contributed by atoms with E-state index in [-0.39, 0.29) is 29.9 Å². The number of benzene rings is 1. The molecule has 1 N–H and O–H groups in total. The third kappa shape index (κ3) is 3.38. The molecule has 1 aromatic carbocycles. The molecule has 0 aromatic heterocycles. The molecule has 1 aliphatic rings. The van der Waals surface area contributed by atoms with Gasteiger partial charge in [0.25, 0.3) is 0 Å². The van der Waals surface area contributed by atoms with E-state index in [0.29, 0.717) is 0 Å². The van der Waals surface area contributed by atoms with Gasteiger partial charge in [-0.15, -0.1) is 13.2 Å². The van der Waals surface area contributed by atoms with E-state index in [9.17, 15) is 19.2 Å². The highest BCUT2D eigenvalue weighted by Gasteiger charge is 2.29. The second-order valence-electron chi connectivity index (χ2n) is 5.04. The number of carbonyl (C=O) groups excluding carboxylic acids is 4. The van der Waals surface area contributed by atoms with Crippen LogP contribution in [0.3, 0.4) is 0 Å². The summed E-state index contributed by atoms with van der Waals surface area (Å²) < 4.78 is 0. The van der Waals surface area contributed by atoms with Crippen molar-refractivity contribution in [1.29, 1.82) is 0 Å². The number of nitrogens with zero attached hydrogens (tertiary/aromatic N) is 1. The minimum atomic E-state index is -0.995. The molecule has 6 nitrogen and oxygen atoms in total.